The van der Waals surface area contributed by atoms with Crippen LogP contribution in [0.3, 0.4) is 0 Å². The van der Waals surface area contributed by atoms with Crippen LogP contribution in [0.25, 0.3) is 0 Å². The molecule has 1 aromatic rings. The summed E-state index contributed by atoms with van der Waals surface area (Å²) < 4.78 is 39.4. The number of carbonyl (C=O) groups excluding carboxylic acids is 2. The molecule has 0 unspecified atom stereocenters. The molecule has 7 heteroatoms. The predicted octanol–water partition coefficient (Wildman–Crippen LogP) is 2.09. The van der Waals surface area contributed by atoms with Gasteiger partial charge in [0.25, 0.3) is 5.91 Å². The van der Waals surface area contributed by atoms with E-state index in [-0.39, 0.29) is 11.8 Å². The Morgan fingerprint density at radius 1 is 1.18 bits per heavy atom. The summed E-state index contributed by atoms with van der Waals surface area (Å²) in [5.74, 6) is -5.04. The number of hydrogen-bond donors (Lipinski definition) is 1. The maximum Gasteiger partial charge on any atom is 0.254 e. The monoisotopic (exact) mass is 314 g/mol. The standard InChI is InChI=1S/C15H17F3N2O2/c1-9(21)20-6-4-10(5-7-20)8-19-15(22)11-2-3-12(16)14(18)13(11)17/h2-3,10H,4-8H2,1H3,(H,19,22). The molecule has 1 aliphatic heterocycles. The second kappa shape index (κ2) is 6.81. The molecule has 0 radical (unpaired) electrons. The van der Waals surface area contributed by atoms with Crippen LogP contribution in [-0.2, 0) is 4.79 Å². The molecule has 1 heterocycles. The number of likely N-dealkylation sites (tertiary alicyclic amines) is 1. The van der Waals surface area contributed by atoms with Crippen molar-refractivity contribution in [1.82, 2.24) is 10.2 Å². The number of piperidine rings is 1. The molecule has 2 amide bonds. The molecule has 1 fully saturated rings. The molecular weight excluding hydrogens is 297 g/mol. The van der Waals surface area contributed by atoms with Gasteiger partial charge in [0.1, 0.15) is 0 Å². The average molecular weight is 314 g/mol. The lowest BCUT2D eigenvalue weighted by Crippen LogP contribution is -2.40. The zero-order chi connectivity index (χ0) is 16.3. The van der Waals surface area contributed by atoms with E-state index >= 15 is 0 Å². The zero-order valence-electron chi connectivity index (χ0n) is 12.2. The SMILES string of the molecule is CC(=O)N1CCC(CNC(=O)c2ccc(F)c(F)c2F)CC1. The van der Waals surface area contributed by atoms with Gasteiger partial charge in [0.05, 0.1) is 5.56 Å². The Hall–Kier alpha value is -2.05. The van der Waals surface area contributed by atoms with Crippen LogP contribution < -0.4 is 5.32 Å². The van der Waals surface area contributed by atoms with E-state index in [0.29, 0.717) is 19.6 Å². The summed E-state index contributed by atoms with van der Waals surface area (Å²) in [7, 11) is 0. The quantitative estimate of drug-likeness (QED) is 0.869. The third-order valence-corrected chi connectivity index (χ3v) is 3.89. The van der Waals surface area contributed by atoms with Gasteiger partial charge in [-0.05, 0) is 30.9 Å². The normalized spacial score (nSPS) is 15.7. The molecule has 0 spiro atoms. The van der Waals surface area contributed by atoms with Crippen molar-refractivity contribution in [3.63, 3.8) is 0 Å². The number of carbonyl (C=O) groups is 2. The lowest BCUT2D eigenvalue weighted by molar-refractivity contribution is -0.130. The third-order valence-electron chi connectivity index (χ3n) is 3.89. The summed E-state index contributed by atoms with van der Waals surface area (Å²) in [4.78, 5) is 24.8. The first-order chi connectivity index (χ1) is 10.4. The molecule has 4 nitrogen and oxygen atoms in total. The highest BCUT2D eigenvalue weighted by atomic mass is 19.2. The minimum atomic E-state index is -1.65. The van der Waals surface area contributed by atoms with E-state index in [9.17, 15) is 22.8 Å². The highest BCUT2D eigenvalue weighted by Gasteiger charge is 2.23. The van der Waals surface area contributed by atoms with Gasteiger partial charge in [-0.3, -0.25) is 9.59 Å². The van der Waals surface area contributed by atoms with E-state index in [1.165, 1.54) is 6.92 Å². The van der Waals surface area contributed by atoms with E-state index in [4.69, 9.17) is 0 Å². The van der Waals surface area contributed by atoms with Gasteiger partial charge in [-0.2, -0.15) is 0 Å². The number of hydrogen-bond acceptors (Lipinski definition) is 2. The molecule has 0 atom stereocenters. The van der Waals surface area contributed by atoms with Gasteiger partial charge >= 0.3 is 0 Å². The Kier molecular flexibility index (Phi) is 5.05. The van der Waals surface area contributed by atoms with E-state index in [2.05, 4.69) is 5.32 Å². The Labute approximate surface area is 126 Å². The zero-order valence-corrected chi connectivity index (χ0v) is 12.2. The summed E-state index contributed by atoms with van der Waals surface area (Å²) >= 11 is 0. The number of amides is 2. The fourth-order valence-corrected chi connectivity index (χ4v) is 2.49. The lowest BCUT2D eigenvalue weighted by Gasteiger charge is -2.31. The average Bonchev–Trinajstić information content (AvgIpc) is 2.51. The molecular formula is C15H17F3N2O2. The van der Waals surface area contributed by atoms with Gasteiger partial charge in [0.2, 0.25) is 5.91 Å². The van der Waals surface area contributed by atoms with Crippen LogP contribution in [0.4, 0.5) is 13.2 Å². The van der Waals surface area contributed by atoms with Crippen molar-refractivity contribution in [3.8, 4) is 0 Å². The minimum Gasteiger partial charge on any atom is -0.352 e. The molecule has 2 rings (SSSR count). The second-order valence-corrected chi connectivity index (χ2v) is 5.38. The van der Waals surface area contributed by atoms with Crippen molar-refractivity contribution in [2.24, 2.45) is 5.92 Å². The molecule has 1 saturated heterocycles. The molecule has 0 saturated carbocycles. The molecule has 0 bridgehead atoms. The van der Waals surface area contributed by atoms with Crippen LogP contribution >= 0.6 is 0 Å². The van der Waals surface area contributed by atoms with Crippen LogP contribution in [0.15, 0.2) is 12.1 Å². The summed E-state index contributed by atoms with van der Waals surface area (Å²) in [5.41, 5.74) is -0.514. The molecule has 0 aromatic heterocycles. The number of nitrogens with zero attached hydrogens (tertiary/aromatic N) is 1. The third kappa shape index (κ3) is 3.58. The van der Waals surface area contributed by atoms with Crippen LogP contribution in [0.2, 0.25) is 0 Å². The molecule has 22 heavy (non-hydrogen) atoms. The Balaban J connectivity index is 1.89. The fourth-order valence-electron chi connectivity index (χ4n) is 2.49. The molecule has 0 aliphatic carbocycles. The fraction of sp³-hybridized carbons (Fsp3) is 0.467. The molecule has 1 aromatic carbocycles. The van der Waals surface area contributed by atoms with Gasteiger partial charge in [-0.1, -0.05) is 0 Å². The summed E-state index contributed by atoms with van der Waals surface area (Å²) in [6, 6.07) is 1.64. The van der Waals surface area contributed by atoms with Crippen molar-refractivity contribution >= 4 is 11.8 Å². The summed E-state index contributed by atoms with van der Waals surface area (Å²) in [6.07, 6.45) is 1.47. The Morgan fingerprint density at radius 2 is 1.82 bits per heavy atom. The van der Waals surface area contributed by atoms with Gasteiger partial charge < -0.3 is 10.2 Å². The summed E-state index contributed by atoms with van der Waals surface area (Å²) in [5, 5.41) is 2.53. The van der Waals surface area contributed by atoms with Crippen molar-refractivity contribution in [2.75, 3.05) is 19.6 Å². The number of benzene rings is 1. The maximum absolute atomic E-state index is 13.5. The number of rotatable bonds is 3. The van der Waals surface area contributed by atoms with Crippen molar-refractivity contribution in [2.45, 2.75) is 19.8 Å². The highest BCUT2D eigenvalue weighted by Crippen LogP contribution is 2.18. The molecule has 1 aliphatic rings. The van der Waals surface area contributed by atoms with Crippen molar-refractivity contribution in [3.05, 3.63) is 35.1 Å². The smallest absolute Gasteiger partial charge is 0.254 e. The maximum atomic E-state index is 13.5. The molecule has 120 valence electrons. The van der Waals surface area contributed by atoms with Crippen LogP contribution in [0, 0.1) is 23.4 Å². The van der Waals surface area contributed by atoms with Gasteiger partial charge in [0, 0.05) is 26.6 Å². The Morgan fingerprint density at radius 3 is 2.41 bits per heavy atom. The van der Waals surface area contributed by atoms with Gasteiger partial charge in [-0.15, -0.1) is 0 Å². The highest BCUT2D eigenvalue weighted by molar-refractivity contribution is 5.94. The van der Waals surface area contributed by atoms with Crippen LogP contribution in [0.5, 0.6) is 0 Å². The minimum absolute atomic E-state index is 0.0198. The van der Waals surface area contributed by atoms with Gasteiger partial charge in [-0.25, -0.2) is 13.2 Å². The summed E-state index contributed by atoms with van der Waals surface area (Å²) in [6.45, 7) is 3.06. The first-order valence-electron chi connectivity index (χ1n) is 7.07. The largest absolute Gasteiger partial charge is 0.352 e. The van der Waals surface area contributed by atoms with Crippen molar-refractivity contribution in [1.29, 1.82) is 0 Å². The predicted molar refractivity (Wildman–Crippen MR) is 73.6 cm³/mol. The molecule has 1 N–H and O–H groups in total. The number of halogens is 3. The van der Waals surface area contributed by atoms with Crippen LogP contribution in [0.1, 0.15) is 30.1 Å². The van der Waals surface area contributed by atoms with Crippen molar-refractivity contribution < 1.29 is 22.8 Å². The van der Waals surface area contributed by atoms with E-state index in [1.54, 1.807) is 4.90 Å². The first-order valence-corrected chi connectivity index (χ1v) is 7.07. The van der Waals surface area contributed by atoms with E-state index < -0.39 is 28.9 Å². The van der Waals surface area contributed by atoms with Gasteiger partial charge in [0.15, 0.2) is 17.5 Å². The van der Waals surface area contributed by atoms with E-state index in [1.807, 2.05) is 0 Å². The Bertz CT molecular complexity index is 584. The number of nitrogens with one attached hydrogen (secondary N) is 1. The topological polar surface area (TPSA) is 49.4 Å². The second-order valence-electron chi connectivity index (χ2n) is 5.38. The lowest BCUT2D eigenvalue weighted by atomic mass is 9.96. The first kappa shape index (κ1) is 16.3. The van der Waals surface area contributed by atoms with Crippen LogP contribution in [-0.4, -0.2) is 36.3 Å². The van der Waals surface area contributed by atoms with E-state index in [0.717, 1.165) is 25.0 Å².